The van der Waals surface area contributed by atoms with Crippen molar-refractivity contribution < 1.29 is 19.0 Å². The summed E-state index contributed by atoms with van der Waals surface area (Å²) in [5, 5.41) is 1.26. The second-order valence-corrected chi connectivity index (χ2v) is 9.79. The molecule has 1 aliphatic heterocycles. The number of carbonyl (C=O) groups is 1. The first kappa shape index (κ1) is 23.6. The van der Waals surface area contributed by atoms with Crippen LogP contribution in [0.1, 0.15) is 67.7 Å². The van der Waals surface area contributed by atoms with Gasteiger partial charge >= 0.3 is 0 Å². The van der Waals surface area contributed by atoms with Gasteiger partial charge in [-0.2, -0.15) is 0 Å². The van der Waals surface area contributed by atoms with Gasteiger partial charge in [0.2, 0.25) is 6.41 Å². The van der Waals surface area contributed by atoms with Crippen molar-refractivity contribution in [3.8, 4) is 17.2 Å². The van der Waals surface area contributed by atoms with Crippen LogP contribution in [0.15, 0.2) is 36.5 Å². The van der Waals surface area contributed by atoms with Crippen LogP contribution in [0.3, 0.4) is 0 Å². The Hall–Kier alpha value is -3.15. The molecule has 1 aliphatic carbocycles. The number of aromatic nitrogens is 1. The molecular weight excluding hydrogens is 440 g/mol. The number of nitrogens with one attached hydrogen (secondary N) is 1. The van der Waals surface area contributed by atoms with E-state index in [4.69, 9.17) is 14.2 Å². The number of methoxy groups -OCH3 is 2. The first-order chi connectivity index (χ1) is 17.2. The molecule has 5 rings (SSSR count). The summed E-state index contributed by atoms with van der Waals surface area (Å²) in [4.78, 5) is 17.6. The van der Waals surface area contributed by atoms with Gasteiger partial charge in [0, 0.05) is 23.6 Å². The van der Waals surface area contributed by atoms with Crippen LogP contribution >= 0.6 is 0 Å². The van der Waals surface area contributed by atoms with Crippen molar-refractivity contribution in [2.45, 2.75) is 57.4 Å². The van der Waals surface area contributed by atoms with Gasteiger partial charge in [-0.25, -0.2) is 0 Å². The van der Waals surface area contributed by atoms with Crippen molar-refractivity contribution in [1.82, 2.24) is 9.88 Å². The summed E-state index contributed by atoms with van der Waals surface area (Å²) in [7, 11) is 3.41. The normalized spacial score (nSPS) is 22.4. The molecule has 2 aliphatic rings. The minimum atomic E-state index is 0.0863. The monoisotopic (exact) mass is 476 g/mol. The van der Waals surface area contributed by atoms with Crippen molar-refractivity contribution >= 4 is 17.3 Å². The smallest absolute Gasteiger partial charge is 0.210 e. The number of amides is 1. The van der Waals surface area contributed by atoms with E-state index < -0.39 is 0 Å². The molecule has 3 atom stereocenters. The average molecular weight is 477 g/mol. The van der Waals surface area contributed by atoms with Crippen LogP contribution in [0.5, 0.6) is 17.2 Å². The zero-order valence-electron chi connectivity index (χ0n) is 21.0. The molecule has 1 aromatic heterocycles. The minimum absolute atomic E-state index is 0.0863. The maximum absolute atomic E-state index is 12.2. The first-order valence-corrected chi connectivity index (χ1v) is 12.9. The third-order valence-electron chi connectivity index (χ3n) is 8.00. The third-order valence-corrected chi connectivity index (χ3v) is 8.00. The van der Waals surface area contributed by atoms with E-state index in [1.807, 2.05) is 17.9 Å². The Morgan fingerprint density at radius 3 is 2.69 bits per heavy atom. The van der Waals surface area contributed by atoms with E-state index in [9.17, 15) is 4.79 Å². The first-order valence-electron chi connectivity index (χ1n) is 12.9. The molecule has 0 saturated heterocycles. The molecule has 35 heavy (non-hydrogen) atoms. The summed E-state index contributed by atoms with van der Waals surface area (Å²) >= 11 is 0. The Bertz CT molecular complexity index is 1190. The van der Waals surface area contributed by atoms with Crippen LogP contribution < -0.4 is 14.2 Å². The molecule has 0 spiro atoms. The van der Waals surface area contributed by atoms with Gasteiger partial charge in [-0.1, -0.05) is 6.42 Å². The number of hydrogen-bond donors (Lipinski definition) is 1. The van der Waals surface area contributed by atoms with E-state index in [1.54, 1.807) is 14.2 Å². The van der Waals surface area contributed by atoms with E-state index >= 15 is 0 Å². The fourth-order valence-electron chi connectivity index (χ4n) is 6.29. The highest BCUT2D eigenvalue weighted by Gasteiger charge is 2.36. The molecule has 1 fully saturated rings. The summed E-state index contributed by atoms with van der Waals surface area (Å²) in [6, 6.07) is 10.6. The predicted octanol–water partition coefficient (Wildman–Crippen LogP) is 6.00. The fourth-order valence-corrected chi connectivity index (χ4v) is 6.29. The number of aromatic amines is 1. The highest BCUT2D eigenvalue weighted by Crippen LogP contribution is 2.46. The number of rotatable bonds is 7. The lowest BCUT2D eigenvalue weighted by Crippen LogP contribution is -2.38. The molecule has 2 heterocycles. The van der Waals surface area contributed by atoms with E-state index in [1.165, 1.54) is 22.1 Å². The molecule has 2 aromatic carbocycles. The number of benzene rings is 2. The lowest BCUT2D eigenvalue weighted by Gasteiger charge is -2.40. The summed E-state index contributed by atoms with van der Waals surface area (Å²) in [5.41, 5.74) is 5.05. The zero-order valence-corrected chi connectivity index (χ0v) is 21.0. The standard InChI is InChI=1S/C29H36N2O4/c1-4-35-28-16-23-21(14-27(28)34-3)12-13-31(18-32)29(23)20-7-5-6-19(8-9-20)25-17-30-26-11-10-22(33-2)15-24(25)26/h10-11,14-20,29-30H,4-9,12-13H2,1-3H3. The molecule has 0 bridgehead atoms. The molecular formula is C29H36N2O4. The largest absolute Gasteiger partial charge is 0.497 e. The summed E-state index contributed by atoms with van der Waals surface area (Å²) in [5.74, 6) is 3.37. The number of carbonyl (C=O) groups excluding carboxylic acids is 1. The van der Waals surface area contributed by atoms with Crippen LogP contribution in [-0.4, -0.2) is 43.7 Å². The van der Waals surface area contributed by atoms with Gasteiger partial charge in [-0.3, -0.25) is 4.79 Å². The van der Waals surface area contributed by atoms with Crippen molar-refractivity contribution in [3.05, 3.63) is 53.2 Å². The Kier molecular flexibility index (Phi) is 6.89. The average Bonchev–Trinajstić information content (AvgIpc) is 3.16. The van der Waals surface area contributed by atoms with Gasteiger partial charge in [0.15, 0.2) is 11.5 Å². The second-order valence-electron chi connectivity index (χ2n) is 9.79. The van der Waals surface area contributed by atoms with Crippen LogP contribution in [0.25, 0.3) is 10.9 Å². The van der Waals surface area contributed by atoms with Crippen LogP contribution in [0, 0.1) is 5.92 Å². The van der Waals surface area contributed by atoms with Crippen molar-refractivity contribution in [1.29, 1.82) is 0 Å². The Labute approximate surface area is 207 Å². The van der Waals surface area contributed by atoms with Crippen molar-refractivity contribution in [2.24, 2.45) is 5.92 Å². The number of nitrogens with zero attached hydrogens (tertiary/aromatic N) is 1. The summed E-state index contributed by atoms with van der Waals surface area (Å²) in [6.45, 7) is 3.32. The van der Waals surface area contributed by atoms with Gasteiger partial charge in [0.1, 0.15) is 5.75 Å². The minimum Gasteiger partial charge on any atom is -0.497 e. The SMILES string of the molecule is CCOc1cc2c(cc1OC)CCN(C=O)C2C1CCCC(c2c[nH]c3ccc(OC)cc23)CC1. The fraction of sp³-hybridized carbons (Fsp3) is 0.483. The number of H-pyrrole nitrogens is 1. The van der Waals surface area contributed by atoms with E-state index in [-0.39, 0.29) is 6.04 Å². The molecule has 1 amide bonds. The van der Waals surface area contributed by atoms with E-state index in [2.05, 4.69) is 35.4 Å². The predicted molar refractivity (Wildman–Crippen MR) is 138 cm³/mol. The maximum Gasteiger partial charge on any atom is 0.210 e. The number of hydrogen-bond acceptors (Lipinski definition) is 4. The molecule has 0 radical (unpaired) electrons. The number of ether oxygens (including phenoxy) is 3. The highest BCUT2D eigenvalue weighted by molar-refractivity contribution is 5.85. The Morgan fingerprint density at radius 2 is 1.91 bits per heavy atom. The van der Waals surface area contributed by atoms with Gasteiger partial charge in [0.25, 0.3) is 0 Å². The molecule has 1 N–H and O–H groups in total. The quantitative estimate of drug-likeness (QED) is 0.335. The Morgan fingerprint density at radius 1 is 1.03 bits per heavy atom. The van der Waals surface area contributed by atoms with Gasteiger partial charge in [0.05, 0.1) is 26.9 Å². The van der Waals surface area contributed by atoms with Crippen molar-refractivity contribution in [3.63, 3.8) is 0 Å². The second kappa shape index (κ2) is 10.2. The highest BCUT2D eigenvalue weighted by atomic mass is 16.5. The van der Waals surface area contributed by atoms with Crippen molar-refractivity contribution in [2.75, 3.05) is 27.4 Å². The van der Waals surface area contributed by atoms with E-state index in [0.717, 1.165) is 74.2 Å². The van der Waals surface area contributed by atoms with Gasteiger partial charge < -0.3 is 24.1 Å². The molecule has 6 nitrogen and oxygen atoms in total. The lowest BCUT2D eigenvalue weighted by atomic mass is 9.80. The van der Waals surface area contributed by atoms with Gasteiger partial charge in [-0.05, 0) is 97.9 Å². The lowest BCUT2D eigenvalue weighted by molar-refractivity contribution is -0.122. The van der Waals surface area contributed by atoms with Gasteiger partial charge in [-0.15, -0.1) is 0 Å². The van der Waals surface area contributed by atoms with E-state index in [0.29, 0.717) is 18.4 Å². The Balaban J connectivity index is 1.43. The molecule has 1 saturated carbocycles. The molecule has 3 aromatic rings. The molecule has 6 heteroatoms. The topological polar surface area (TPSA) is 63.8 Å². The number of fused-ring (bicyclic) bond motifs is 2. The maximum atomic E-state index is 12.2. The van der Waals surface area contributed by atoms with Crippen LogP contribution in [0.4, 0.5) is 0 Å². The van der Waals surface area contributed by atoms with Crippen LogP contribution in [0.2, 0.25) is 0 Å². The zero-order chi connectivity index (χ0) is 24.4. The molecule has 186 valence electrons. The van der Waals surface area contributed by atoms with Crippen LogP contribution in [-0.2, 0) is 11.2 Å². The molecule has 3 unspecified atom stereocenters. The summed E-state index contributed by atoms with van der Waals surface area (Å²) in [6.07, 6.45) is 9.71. The summed E-state index contributed by atoms with van der Waals surface area (Å²) < 4.78 is 17.0. The third kappa shape index (κ3) is 4.46.